The van der Waals surface area contributed by atoms with Crippen LogP contribution >= 0.6 is 0 Å². The highest BCUT2D eigenvalue weighted by Crippen LogP contribution is 2.43. The number of anilines is 3. The molecule has 6 nitrogen and oxygen atoms in total. The molecule has 2 aromatic rings. The Balaban J connectivity index is 2.10. The van der Waals surface area contributed by atoms with Crippen LogP contribution in [0, 0.1) is 0 Å². The van der Waals surface area contributed by atoms with Crippen molar-refractivity contribution in [3.05, 3.63) is 36.0 Å². The van der Waals surface area contributed by atoms with Gasteiger partial charge in [-0.05, 0) is 55.5 Å². The number of benzene rings is 1. The van der Waals surface area contributed by atoms with E-state index >= 15 is 0 Å². The summed E-state index contributed by atoms with van der Waals surface area (Å²) in [6.45, 7) is 4.42. The number of nitrogens with zero attached hydrogens (tertiary/aromatic N) is 3. The van der Waals surface area contributed by atoms with E-state index in [1.54, 1.807) is 19.2 Å². The zero-order valence-corrected chi connectivity index (χ0v) is 15.5. The topological polar surface area (TPSA) is 89.2 Å². The van der Waals surface area contributed by atoms with E-state index in [4.69, 9.17) is 5.73 Å². The second kappa shape index (κ2) is 7.00. The Kier molecular flexibility index (Phi) is 4.94. The standard InChI is InChI=1S/C18H24N4O2S/c1-3-22(17-10-11-20-18(19)21-17)16-9-8-14(25(23,24)4-2)12-15(16)13-6-5-7-13/h8-13H,3-7H2,1-2H3,(H2,19,20,21). The molecule has 1 saturated carbocycles. The Morgan fingerprint density at radius 3 is 2.56 bits per heavy atom. The highest BCUT2D eigenvalue weighted by Gasteiger charge is 2.27. The first kappa shape index (κ1) is 17.7. The lowest BCUT2D eigenvalue weighted by molar-refractivity contribution is 0.419. The molecule has 0 radical (unpaired) electrons. The van der Waals surface area contributed by atoms with Gasteiger partial charge in [0.15, 0.2) is 9.84 Å². The molecule has 0 bridgehead atoms. The predicted octanol–water partition coefficient (Wildman–Crippen LogP) is 3.28. The molecular weight excluding hydrogens is 336 g/mol. The molecular formula is C18H24N4O2S. The van der Waals surface area contributed by atoms with Gasteiger partial charge in [0.05, 0.1) is 10.6 Å². The van der Waals surface area contributed by atoms with Crippen molar-refractivity contribution in [3.63, 3.8) is 0 Å². The molecule has 1 aliphatic rings. The van der Waals surface area contributed by atoms with Crippen LogP contribution in [-0.4, -0.2) is 30.7 Å². The molecule has 0 amide bonds. The third kappa shape index (κ3) is 3.46. The van der Waals surface area contributed by atoms with Gasteiger partial charge in [-0.2, -0.15) is 4.98 Å². The summed E-state index contributed by atoms with van der Waals surface area (Å²) >= 11 is 0. The van der Waals surface area contributed by atoms with E-state index in [1.165, 1.54) is 6.42 Å². The molecule has 25 heavy (non-hydrogen) atoms. The number of rotatable bonds is 6. The predicted molar refractivity (Wildman–Crippen MR) is 99.9 cm³/mol. The monoisotopic (exact) mass is 360 g/mol. The van der Waals surface area contributed by atoms with Gasteiger partial charge in [0.2, 0.25) is 5.95 Å². The molecule has 0 spiro atoms. The lowest BCUT2D eigenvalue weighted by atomic mass is 9.79. The molecule has 0 atom stereocenters. The molecule has 2 N–H and O–H groups in total. The summed E-state index contributed by atoms with van der Waals surface area (Å²) in [5.74, 6) is 1.46. The molecule has 0 unspecified atom stereocenters. The Labute approximate surface area is 149 Å². The summed E-state index contributed by atoms with van der Waals surface area (Å²) < 4.78 is 24.6. The Hall–Kier alpha value is -2.15. The van der Waals surface area contributed by atoms with Crippen molar-refractivity contribution in [2.45, 2.75) is 43.9 Å². The van der Waals surface area contributed by atoms with Gasteiger partial charge in [-0.3, -0.25) is 0 Å². The second-order valence-corrected chi connectivity index (χ2v) is 8.55. The second-order valence-electron chi connectivity index (χ2n) is 6.27. The van der Waals surface area contributed by atoms with Gasteiger partial charge in [-0.15, -0.1) is 0 Å². The third-order valence-corrected chi connectivity index (χ3v) is 6.56. The van der Waals surface area contributed by atoms with Crippen LogP contribution < -0.4 is 10.6 Å². The highest BCUT2D eigenvalue weighted by molar-refractivity contribution is 7.91. The quantitative estimate of drug-likeness (QED) is 0.850. The van der Waals surface area contributed by atoms with Crippen LogP contribution in [0.4, 0.5) is 17.5 Å². The van der Waals surface area contributed by atoms with E-state index in [9.17, 15) is 8.42 Å². The van der Waals surface area contributed by atoms with Gasteiger partial charge < -0.3 is 10.6 Å². The fourth-order valence-corrected chi connectivity index (χ4v) is 4.07. The van der Waals surface area contributed by atoms with Crippen molar-refractivity contribution in [2.75, 3.05) is 22.9 Å². The first-order chi connectivity index (χ1) is 12.0. The van der Waals surface area contributed by atoms with Crippen molar-refractivity contribution < 1.29 is 8.42 Å². The van der Waals surface area contributed by atoms with E-state index in [0.717, 1.165) is 29.9 Å². The third-order valence-electron chi connectivity index (χ3n) is 4.83. The molecule has 7 heteroatoms. The Morgan fingerprint density at radius 2 is 2.00 bits per heavy atom. The van der Waals surface area contributed by atoms with Crippen molar-refractivity contribution in [1.82, 2.24) is 9.97 Å². The minimum atomic E-state index is -3.22. The first-order valence-electron chi connectivity index (χ1n) is 8.69. The number of hydrogen-bond acceptors (Lipinski definition) is 6. The Morgan fingerprint density at radius 1 is 1.24 bits per heavy atom. The smallest absolute Gasteiger partial charge is 0.221 e. The fraction of sp³-hybridized carbons (Fsp3) is 0.444. The molecule has 1 aromatic heterocycles. The summed E-state index contributed by atoms with van der Waals surface area (Å²) in [6.07, 6.45) is 5.00. The van der Waals surface area contributed by atoms with Gasteiger partial charge in [-0.1, -0.05) is 13.3 Å². The normalized spacial score (nSPS) is 15.0. The van der Waals surface area contributed by atoms with Crippen molar-refractivity contribution in [3.8, 4) is 0 Å². The molecule has 1 fully saturated rings. The highest BCUT2D eigenvalue weighted by atomic mass is 32.2. The summed E-state index contributed by atoms with van der Waals surface area (Å²) in [5.41, 5.74) is 7.82. The summed E-state index contributed by atoms with van der Waals surface area (Å²) in [7, 11) is -3.22. The summed E-state index contributed by atoms with van der Waals surface area (Å²) in [5, 5.41) is 0. The van der Waals surface area contributed by atoms with Crippen LogP contribution in [0.25, 0.3) is 0 Å². The van der Waals surface area contributed by atoms with Crippen LogP contribution in [0.1, 0.15) is 44.6 Å². The average Bonchev–Trinajstić information content (AvgIpc) is 2.55. The van der Waals surface area contributed by atoms with Gasteiger partial charge in [-0.25, -0.2) is 13.4 Å². The fourth-order valence-electron chi connectivity index (χ4n) is 3.15. The van der Waals surface area contributed by atoms with E-state index in [1.807, 2.05) is 25.1 Å². The van der Waals surface area contributed by atoms with Crippen molar-refractivity contribution in [2.24, 2.45) is 0 Å². The van der Waals surface area contributed by atoms with Gasteiger partial charge in [0, 0.05) is 18.4 Å². The maximum Gasteiger partial charge on any atom is 0.221 e. The Bertz CT molecular complexity index is 863. The van der Waals surface area contributed by atoms with Crippen LogP contribution in [0.15, 0.2) is 35.4 Å². The van der Waals surface area contributed by atoms with E-state index in [-0.39, 0.29) is 11.7 Å². The molecule has 134 valence electrons. The van der Waals surface area contributed by atoms with E-state index < -0.39 is 9.84 Å². The van der Waals surface area contributed by atoms with E-state index in [0.29, 0.717) is 17.4 Å². The lowest BCUT2D eigenvalue weighted by Crippen LogP contribution is -2.22. The van der Waals surface area contributed by atoms with Crippen LogP contribution in [0.3, 0.4) is 0 Å². The zero-order valence-electron chi connectivity index (χ0n) is 14.6. The maximum absolute atomic E-state index is 12.3. The van der Waals surface area contributed by atoms with Crippen LogP contribution in [-0.2, 0) is 9.84 Å². The zero-order chi connectivity index (χ0) is 18.0. The first-order valence-corrected chi connectivity index (χ1v) is 10.3. The number of hydrogen-bond donors (Lipinski definition) is 1. The lowest BCUT2D eigenvalue weighted by Gasteiger charge is -2.32. The minimum Gasteiger partial charge on any atom is -0.368 e. The minimum absolute atomic E-state index is 0.108. The SMILES string of the molecule is CCN(c1ccnc(N)n1)c1ccc(S(=O)(=O)CC)cc1C1CCC1. The van der Waals surface area contributed by atoms with Gasteiger partial charge in [0.1, 0.15) is 5.82 Å². The summed E-state index contributed by atoms with van der Waals surface area (Å²) in [6, 6.07) is 7.27. The van der Waals surface area contributed by atoms with Gasteiger partial charge in [0.25, 0.3) is 0 Å². The number of sulfone groups is 1. The number of nitrogen functional groups attached to an aromatic ring is 1. The molecule has 0 saturated heterocycles. The number of aromatic nitrogens is 2. The maximum atomic E-state index is 12.3. The van der Waals surface area contributed by atoms with Crippen LogP contribution in [0.5, 0.6) is 0 Å². The molecule has 0 aliphatic heterocycles. The molecule has 1 aromatic carbocycles. The summed E-state index contributed by atoms with van der Waals surface area (Å²) in [4.78, 5) is 10.7. The van der Waals surface area contributed by atoms with Crippen LogP contribution in [0.2, 0.25) is 0 Å². The van der Waals surface area contributed by atoms with Crippen molar-refractivity contribution >= 4 is 27.3 Å². The molecule has 1 heterocycles. The molecule has 3 rings (SSSR count). The largest absolute Gasteiger partial charge is 0.368 e. The average molecular weight is 360 g/mol. The number of nitrogens with two attached hydrogens (primary N) is 1. The van der Waals surface area contributed by atoms with Gasteiger partial charge >= 0.3 is 0 Å². The van der Waals surface area contributed by atoms with E-state index in [2.05, 4.69) is 14.9 Å². The molecule has 1 aliphatic carbocycles. The van der Waals surface area contributed by atoms with Crippen molar-refractivity contribution in [1.29, 1.82) is 0 Å².